The molecule has 1 unspecified atom stereocenters. The summed E-state index contributed by atoms with van der Waals surface area (Å²) in [5.74, 6) is -1.47. The van der Waals surface area contributed by atoms with E-state index < -0.39 is 5.97 Å². The summed E-state index contributed by atoms with van der Waals surface area (Å²) in [6.45, 7) is 11.1. The number of nitrogens with one attached hydrogen (secondary N) is 2. The number of carboxylic acid groups (broad SMARTS) is 1. The molecule has 0 aliphatic carbocycles. The van der Waals surface area contributed by atoms with Gasteiger partial charge in [-0.15, -0.1) is 0 Å². The minimum absolute atomic E-state index is 0. The van der Waals surface area contributed by atoms with E-state index >= 15 is 0 Å². The van der Waals surface area contributed by atoms with Crippen molar-refractivity contribution in [1.82, 2.24) is 40.5 Å². The molecular weight excluding hydrogens is 1180 g/mol. The summed E-state index contributed by atoms with van der Waals surface area (Å²) in [5.41, 5.74) is 7.74. The molecule has 1 atom stereocenters. The molecule has 0 bridgehead atoms. The monoisotopic (exact) mass is 1250 g/mol. The van der Waals surface area contributed by atoms with E-state index in [1.165, 1.54) is 25.3 Å². The number of para-hydroxylation sites is 1. The minimum Gasteiger partial charge on any atom is -0.477 e. The summed E-state index contributed by atoms with van der Waals surface area (Å²) < 4.78 is 24.0. The Morgan fingerprint density at radius 1 is 0.711 bits per heavy atom. The molecule has 399 valence electrons. The second-order valence-corrected chi connectivity index (χ2v) is 17.5. The molecule has 19 nitrogen and oxygen atoms in total. The van der Waals surface area contributed by atoms with Crippen molar-refractivity contribution < 1.29 is 92.1 Å². The van der Waals surface area contributed by atoms with Gasteiger partial charge in [-0.3, -0.25) is 24.4 Å². The number of carboxylic acids is 1. The van der Waals surface area contributed by atoms with Crippen LogP contribution in [-0.2, 0) is 46.4 Å². The molecule has 2 amide bonds. The van der Waals surface area contributed by atoms with Crippen LogP contribution in [-0.4, -0.2) is 150 Å². The molecule has 5 heterocycles. The molecule has 3 aromatic heterocycles. The number of hydrogen-bond donors (Lipinski definition) is 3. The van der Waals surface area contributed by atoms with Gasteiger partial charge in [0.05, 0.1) is 82.5 Å². The maximum absolute atomic E-state index is 14.0. The molecule has 1 fully saturated rings. The van der Waals surface area contributed by atoms with E-state index in [9.17, 15) is 19.5 Å². The molecule has 0 saturated carbocycles. The van der Waals surface area contributed by atoms with Gasteiger partial charge in [0.15, 0.2) is 0 Å². The summed E-state index contributed by atoms with van der Waals surface area (Å²) in [7, 11) is 0. The Kier molecular flexibility index (Phi) is 27.3. The average molecular weight is 1250 g/mol. The Morgan fingerprint density at radius 3 is 1.91 bits per heavy atom. The normalized spacial score (nSPS) is 15.2. The van der Waals surface area contributed by atoms with Crippen molar-refractivity contribution in [3.8, 4) is 22.5 Å². The number of pyridine rings is 2. The molecule has 1 saturated heterocycles. The number of unbranched alkanes of at least 4 members (excludes halogenated alkanes) is 2. The Hall–Kier alpha value is -5.91. The number of benzene rings is 3. The number of aromatic carboxylic acids is 1. The average Bonchev–Trinajstić information content (AvgIpc) is 3.93. The van der Waals surface area contributed by atoms with Gasteiger partial charge in [-0.05, 0) is 53.6 Å². The number of rotatable bonds is 12. The van der Waals surface area contributed by atoms with Crippen LogP contribution in [0.15, 0.2) is 115 Å². The number of hydrogen-bond acceptors (Lipinski definition) is 15. The van der Waals surface area contributed by atoms with Crippen molar-refractivity contribution in [2.45, 2.75) is 58.7 Å². The summed E-state index contributed by atoms with van der Waals surface area (Å²) >= 11 is 0. The second-order valence-electron chi connectivity index (χ2n) is 17.5. The zero-order chi connectivity index (χ0) is 53.0. The van der Waals surface area contributed by atoms with E-state index in [2.05, 4.69) is 49.4 Å². The van der Waals surface area contributed by atoms with Gasteiger partial charge in [-0.2, -0.15) is 25.0 Å². The predicted octanol–water partition coefficient (Wildman–Crippen LogP) is 6.88. The summed E-state index contributed by atoms with van der Waals surface area (Å²) in [5, 5.41) is 24.0. The third kappa shape index (κ3) is 18.7. The first-order valence-corrected chi connectivity index (χ1v) is 25.4. The number of aromatic amines is 1. The number of ether oxygens (including phenoxy) is 4. The summed E-state index contributed by atoms with van der Waals surface area (Å²) in [4.78, 5) is 70.4. The van der Waals surface area contributed by atoms with Crippen molar-refractivity contribution in [3.05, 3.63) is 149 Å². The van der Waals surface area contributed by atoms with E-state index in [1.54, 1.807) is 29.3 Å². The number of nitrogens with zero attached hydrogens (tertiary/aromatic N) is 7. The zero-order valence-electron chi connectivity index (χ0n) is 43.3. The van der Waals surface area contributed by atoms with Crippen LogP contribution >= 0.6 is 0 Å². The molecule has 2 aliphatic heterocycles. The number of aromatic nitrogens is 5. The smallest absolute Gasteiger partial charge is 0.373 e. The zero-order valence-corrected chi connectivity index (χ0v) is 48.1. The molecule has 2 aliphatic rings. The van der Waals surface area contributed by atoms with Crippen molar-refractivity contribution >= 4 is 29.6 Å². The van der Waals surface area contributed by atoms with Gasteiger partial charge in [-0.1, -0.05) is 99.8 Å². The van der Waals surface area contributed by atoms with Crippen molar-refractivity contribution in [3.63, 3.8) is 0 Å². The van der Waals surface area contributed by atoms with Crippen molar-refractivity contribution in [1.29, 1.82) is 0 Å². The molecular formula is C56H67AcN9O10. The molecule has 0 spiro atoms. The first-order chi connectivity index (χ1) is 36.8. The van der Waals surface area contributed by atoms with E-state index in [0.717, 1.165) is 39.3 Å². The van der Waals surface area contributed by atoms with Crippen LogP contribution in [0.1, 0.15) is 88.9 Å². The van der Waals surface area contributed by atoms with E-state index in [4.69, 9.17) is 33.5 Å². The third-order valence-corrected chi connectivity index (χ3v) is 12.4. The Labute approximate surface area is 479 Å². The number of amides is 2. The van der Waals surface area contributed by atoms with Gasteiger partial charge < -0.3 is 34.3 Å². The van der Waals surface area contributed by atoms with Gasteiger partial charge in [0.2, 0.25) is 5.91 Å². The van der Waals surface area contributed by atoms with Crippen LogP contribution < -0.4 is 10.2 Å². The minimum atomic E-state index is -1.06. The Bertz CT molecular complexity index is 2700. The van der Waals surface area contributed by atoms with Crippen molar-refractivity contribution in [2.75, 3.05) is 90.5 Å². The van der Waals surface area contributed by atoms with Gasteiger partial charge in [0, 0.05) is 113 Å². The molecule has 3 aromatic carbocycles. The standard InChI is InChI=1S/C50H55N9O8.C5H12.CO2.Ac/c60-45(59-34-38-8-1-2-10-40(38)46-47(55-56-54-46)41-11-3-4-14-44(41)59)19-21-52-49(61)37-17-15-36(16-18-37)48(42-12-5-6-20-51-42)58-24-28-66-32-30-64-26-22-57(23-27-65-31-33-67-29-25-58)35-39-9-7-13-43(53-39)50(62)63;1-3-5-4-2;2-1-3;/h1-18,20,48H,19,21-35H2,(H,52,61)(H,62,63)(H,54,55,56);3-5H2,1-2H3;;/i;;;1-2. The first kappa shape index (κ1) is 61.0. The fourth-order valence-corrected chi connectivity index (χ4v) is 8.63. The molecule has 8 rings (SSSR count). The third-order valence-electron chi connectivity index (χ3n) is 12.4. The molecule has 76 heavy (non-hydrogen) atoms. The van der Waals surface area contributed by atoms with E-state index in [1.807, 2.05) is 84.9 Å². The van der Waals surface area contributed by atoms with Gasteiger partial charge >= 0.3 is 12.1 Å². The van der Waals surface area contributed by atoms with Crippen LogP contribution in [0.25, 0.3) is 22.5 Å². The summed E-state index contributed by atoms with van der Waals surface area (Å²) in [6, 6.07) is 33.6. The van der Waals surface area contributed by atoms with E-state index in [-0.39, 0.29) is 86.7 Å². The fraction of sp³-hybridized carbons (Fsp3) is 0.393. The molecule has 3 N–H and O–H groups in total. The number of fused-ring (bicyclic) bond motifs is 5. The van der Waals surface area contributed by atoms with E-state index in [0.29, 0.717) is 109 Å². The topological polar surface area (TPSA) is 232 Å². The maximum Gasteiger partial charge on any atom is 0.373 e. The predicted molar refractivity (Wildman–Crippen MR) is 279 cm³/mol. The number of H-pyrrole nitrogens is 1. The molecule has 6 aromatic rings. The Balaban J connectivity index is 0.00000111. The SMILES string of the molecule is CCCCC.O=C(NCCC(=O)N1Cc2ccccc2-c2n[nH]nc2-c2ccccc21)c1ccc(C(c2ccccn2)N2CCOCCOCCN(Cc3cccc(C(=O)O)n3)CCOCCOCC2)cc1.O=C=O.[225Ac]. The molecule has 1 radical (unpaired) electrons. The van der Waals surface area contributed by atoms with Gasteiger partial charge in [0.1, 0.15) is 17.1 Å². The maximum atomic E-state index is 14.0. The largest absolute Gasteiger partial charge is 0.477 e. The van der Waals surface area contributed by atoms with Crippen LogP contribution in [0.3, 0.4) is 0 Å². The number of anilines is 1. The van der Waals surface area contributed by atoms with Gasteiger partial charge in [0.25, 0.3) is 5.91 Å². The number of carbonyl (C=O) groups is 3. The van der Waals surface area contributed by atoms with Crippen LogP contribution in [0.2, 0.25) is 0 Å². The second kappa shape index (κ2) is 34.0. The molecule has 20 heteroatoms. The van der Waals surface area contributed by atoms with Crippen LogP contribution in [0.4, 0.5) is 5.69 Å². The van der Waals surface area contributed by atoms with Crippen LogP contribution in [0, 0.1) is 44.1 Å². The Morgan fingerprint density at radius 2 is 1.30 bits per heavy atom. The quantitative estimate of drug-likeness (QED) is 0.113. The fourth-order valence-electron chi connectivity index (χ4n) is 8.63. The van der Waals surface area contributed by atoms with Crippen LogP contribution in [0.5, 0.6) is 0 Å². The van der Waals surface area contributed by atoms with Crippen molar-refractivity contribution in [2.24, 2.45) is 0 Å². The first-order valence-electron chi connectivity index (χ1n) is 25.4. The number of carbonyl (C=O) groups excluding carboxylic acids is 4. The van der Waals surface area contributed by atoms with Gasteiger partial charge in [-0.25, -0.2) is 9.78 Å². The summed E-state index contributed by atoms with van der Waals surface area (Å²) in [6.07, 6.45) is 6.19.